The number of nitrogens with one attached hydrogen (secondary N) is 1. The van der Waals surface area contributed by atoms with Crippen molar-refractivity contribution in [3.05, 3.63) is 59.2 Å². The van der Waals surface area contributed by atoms with Gasteiger partial charge in [-0.3, -0.25) is 0 Å². The average molecular weight is 299 g/mol. The van der Waals surface area contributed by atoms with Crippen LogP contribution in [-0.2, 0) is 6.54 Å². The zero-order valence-electron chi connectivity index (χ0n) is 12.0. The molecule has 21 heavy (non-hydrogen) atoms. The maximum absolute atomic E-state index is 14.3. The Morgan fingerprint density at radius 3 is 2.86 bits per heavy atom. The van der Waals surface area contributed by atoms with Crippen molar-refractivity contribution in [3.8, 4) is 11.1 Å². The van der Waals surface area contributed by atoms with Crippen LogP contribution in [0.3, 0.4) is 0 Å². The van der Waals surface area contributed by atoms with Crippen LogP contribution in [0.25, 0.3) is 21.2 Å². The first-order valence-corrected chi connectivity index (χ1v) is 8.13. The molecule has 1 nitrogen and oxygen atoms in total. The van der Waals surface area contributed by atoms with Crippen LogP contribution in [0.2, 0.25) is 0 Å². The molecule has 0 radical (unpaired) electrons. The molecule has 0 bridgehead atoms. The van der Waals surface area contributed by atoms with Gasteiger partial charge in [-0.1, -0.05) is 37.3 Å². The predicted molar refractivity (Wildman–Crippen MR) is 89.2 cm³/mol. The zero-order chi connectivity index (χ0) is 14.7. The number of hydrogen-bond acceptors (Lipinski definition) is 2. The minimum Gasteiger partial charge on any atom is -0.313 e. The molecule has 0 unspecified atom stereocenters. The summed E-state index contributed by atoms with van der Waals surface area (Å²) >= 11 is 1.70. The van der Waals surface area contributed by atoms with E-state index in [1.165, 1.54) is 10.1 Å². The lowest BCUT2D eigenvalue weighted by atomic mass is 10.0. The van der Waals surface area contributed by atoms with Crippen LogP contribution in [0.1, 0.15) is 18.9 Å². The van der Waals surface area contributed by atoms with Crippen molar-refractivity contribution in [2.45, 2.75) is 19.9 Å². The third-order valence-electron chi connectivity index (χ3n) is 3.59. The van der Waals surface area contributed by atoms with Gasteiger partial charge in [0.15, 0.2) is 0 Å². The number of hydrogen-bond donors (Lipinski definition) is 1. The summed E-state index contributed by atoms with van der Waals surface area (Å²) in [4.78, 5) is 0. The van der Waals surface area contributed by atoms with E-state index in [0.29, 0.717) is 6.54 Å². The first kappa shape index (κ1) is 14.2. The molecule has 0 aliphatic heterocycles. The van der Waals surface area contributed by atoms with Crippen molar-refractivity contribution in [1.82, 2.24) is 5.32 Å². The van der Waals surface area contributed by atoms with Crippen molar-refractivity contribution >= 4 is 21.4 Å². The van der Waals surface area contributed by atoms with E-state index in [1.54, 1.807) is 17.4 Å². The van der Waals surface area contributed by atoms with Crippen molar-refractivity contribution < 1.29 is 4.39 Å². The van der Waals surface area contributed by atoms with Crippen molar-refractivity contribution in [1.29, 1.82) is 0 Å². The van der Waals surface area contributed by atoms with E-state index >= 15 is 0 Å². The second kappa shape index (κ2) is 6.37. The lowest BCUT2D eigenvalue weighted by Crippen LogP contribution is -2.14. The molecule has 1 heterocycles. The molecular formula is C18H18FNS. The summed E-state index contributed by atoms with van der Waals surface area (Å²) in [5.74, 6) is -0.135. The highest BCUT2D eigenvalue weighted by molar-refractivity contribution is 7.17. The Hall–Kier alpha value is -1.71. The largest absolute Gasteiger partial charge is 0.313 e. The highest BCUT2D eigenvalue weighted by Crippen LogP contribution is 2.33. The van der Waals surface area contributed by atoms with Crippen molar-refractivity contribution in [2.75, 3.05) is 6.54 Å². The van der Waals surface area contributed by atoms with Gasteiger partial charge in [0.05, 0.1) is 0 Å². The van der Waals surface area contributed by atoms with Gasteiger partial charge in [-0.25, -0.2) is 4.39 Å². The molecule has 2 aromatic carbocycles. The topological polar surface area (TPSA) is 12.0 Å². The number of rotatable bonds is 5. The normalized spacial score (nSPS) is 11.1. The predicted octanol–water partition coefficient (Wildman–Crippen LogP) is 5.21. The number of thiophene rings is 1. The van der Waals surface area contributed by atoms with E-state index in [0.717, 1.165) is 29.7 Å². The van der Waals surface area contributed by atoms with Crippen molar-refractivity contribution in [2.24, 2.45) is 0 Å². The summed E-state index contributed by atoms with van der Waals surface area (Å²) < 4.78 is 15.5. The molecule has 3 heteroatoms. The van der Waals surface area contributed by atoms with E-state index in [-0.39, 0.29) is 5.82 Å². The second-order valence-electron chi connectivity index (χ2n) is 5.13. The average Bonchev–Trinajstić information content (AvgIpc) is 2.97. The van der Waals surface area contributed by atoms with Gasteiger partial charge in [0.1, 0.15) is 5.82 Å². The van der Waals surface area contributed by atoms with Gasteiger partial charge in [0, 0.05) is 16.8 Å². The lowest BCUT2D eigenvalue weighted by molar-refractivity contribution is 0.587. The summed E-state index contributed by atoms with van der Waals surface area (Å²) in [5.41, 5.74) is 2.78. The highest BCUT2D eigenvalue weighted by Gasteiger charge is 2.08. The molecule has 108 valence electrons. The van der Waals surface area contributed by atoms with Crippen LogP contribution in [0, 0.1) is 5.82 Å². The third kappa shape index (κ3) is 2.99. The highest BCUT2D eigenvalue weighted by atomic mass is 32.1. The second-order valence-corrected chi connectivity index (χ2v) is 6.04. The first-order valence-electron chi connectivity index (χ1n) is 7.25. The molecule has 0 spiro atoms. The zero-order valence-corrected chi connectivity index (χ0v) is 12.8. The molecule has 0 saturated carbocycles. The Kier molecular flexibility index (Phi) is 4.32. The van der Waals surface area contributed by atoms with Crippen LogP contribution in [-0.4, -0.2) is 6.54 Å². The Morgan fingerprint density at radius 1 is 1.14 bits per heavy atom. The smallest absolute Gasteiger partial charge is 0.128 e. The molecule has 3 aromatic rings. The number of fused-ring (bicyclic) bond motifs is 1. The molecule has 1 N–H and O–H groups in total. The molecule has 0 aliphatic carbocycles. The quantitative estimate of drug-likeness (QED) is 0.638. The Bertz CT molecular complexity index is 748. The van der Waals surface area contributed by atoms with Gasteiger partial charge in [-0.15, -0.1) is 11.3 Å². The standard InChI is InChI=1S/C18H18FNS/c1-2-9-20-12-15-7-6-14(11-17(15)19)16-5-3-4-13-8-10-21-18(13)16/h3-8,10-11,20H,2,9,12H2,1H3. The molecular weight excluding hydrogens is 281 g/mol. The molecule has 0 atom stereocenters. The van der Waals surface area contributed by atoms with Gasteiger partial charge in [-0.2, -0.15) is 0 Å². The molecule has 0 aliphatic rings. The minimum atomic E-state index is -0.135. The van der Waals surface area contributed by atoms with Crippen LogP contribution >= 0.6 is 11.3 Å². The van der Waals surface area contributed by atoms with Gasteiger partial charge >= 0.3 is 0 Å². The van der Waals surface area contributed by atoms with Crippen molar-refractivity contribution in [3.63, 3.8) is 0 Å². The molecule has 0 fully saturated rings. The fourth-order valence-corrected chi connectivity index (χ4v) is 3.41. The van der Waals surface area contributed by atoms with E-state index in [2.05, 4.69) is 35.8 Å². The lowest BCUT2D eigenvalue weighted by Gasteiger charge is -2.08. The molecule has 3 rings (SSSR count). The Labute approximate surface area is 128 Å². The van der Waals surface area contributed by atoms with Gasteiger partial charge < -0.3 is 5.32 Å². The van der Waals surface area contributed by atoms with E-state index in [4.69, 9.17) is 0 Å². The van der Waals surface area contributed by atoms with Crippen LogP contribution in [0.15, 0.2) is 47.8 Å². The number of benzene rings is 2. The SMILES string of the molecule is CCCNCc1ccc(-c2cccc3ccsc23)cc1F. The summed E-state index contributed by atoms with van der Waals surface area (Å²) in [6, 6.07) is 13.8. The fraction of sp³-hybridized carbons (Fsp3) is 0.222. The minimum absolute atomic E-state index is 0.135. The van der Waals surface area contributed by atoms with Crippen LogP contribution in [0.4, 0.5) is 4.39 Å². The monoisotopic (exact) mass is 299 g/mol. The molecule has 0 amide bonds. The van der Waals surface area contributed by atoms with E-state index < -0.39 is 0 Å². The van der Waals surface area contributed by atoms with Gasteiger partial charge in [0.2, 0.25) is 0 Å². The van der Waals surface area contributed by atoms with Crippen LogP contribution < -0.4 is 5.32 Å². The van der Waals surface area contributed by atoms with E-state index in [9.17, 15) is 4.39 Å². The number of halogens is 1. The van der Waals surface area contributed by atoms with Gasteiger partial charge in [-0.05, 0) is 47.0 Å². The summed E-state index contributed by atoms with van der Waals surface area (Å²) in [7, 11) is 0. The Balaban J connectivity index is 1.93. The summed E-state index contributed by atoms with van der Waals surface area (Å²) in [5, 5.41) is 6.53. The third-order valence-corrected chi connectivity index (χ3v) is 4.55. The van der Waals surface area contributed by atoms with Crippen LogP contribution in [0.5, 0.6) is 0 Å². The Morgan fingerprint density at radius 2 is 2.05 bits per heavy atom. The van der Waals surface area contributed by atoms with Gasteiger partial charge in [0.25, 0.3) is 0 Å². The first-order chi connectivity index (χ1) is 10.3. The van der Waals surface area contributed by atoms with E-state index in [1.807, 2.05) is 18.2 Å². The molecule has 1 aromatic heterocycles. The maximum atomic E-state index is 14.3. The summed E-state index contributed by atoms with van der Waals surface area (Å²) in [6.07, 6.45) is 1.06. The fourth-order valence-electron chi connectivity index (χ4n) is 2.48. The molecule has 0 saturated heterocycles. The maximum Gasteiger partial charge on any atom is 0.128 e. The summed E-state index contributed by atoms with van der Waals surface area (Å²) in [6.45, 7) is 3.60.